The van der Waals surface area contributed by atoms with Gasteiger partial charge in [-0.1, -0.05) is 0 Å². The molecule has 3 aromatic rings. The summed E-state index contributed by atoms with van der Waals surface area (Å²) in [5.74, 6) is 1.04. The Morgan fingerprint density at radius 3 is 2.84 bits per heavy atom. The molecule has 0 unspecified atom stereocenters. The molecule has 3 aliphatic rings. The highest BCUT2D eigenvalue weighted by Crippen LogP contribution is 2.36. The molecule has 1 aromatic carbocycles. The third-order valence-electron chi connectivity index (χ3n) is 7.23. The highest BCUT2D eigenvalue weighted by atomic mass is 32.2. The van der Waals surface area contributed by atoms with E-state index in [0.29, 0.717) is 43.5 Å². The molecular formula is C26H27N5O5S. The Morgan fingerprint density at radius 2 is 1.97 bits per heavy atom. The molecule has 0 radical (unpaired) electrons. The average Bonchev–Trinajstić information content (AvgIpc) is 2.91. The number of fused-ring (bicyclic) bond motifs is 3. The number of amides is 2. The summed E-state index contributed by atoms with van der Waals surface area (Å²) < 4.78 is 12.8. The Balaban J connectivity index is 1.12. The average molecular weight is 522 g/mol. The Morgan fingerprint density at radius 1 is 1.11 bits per heavy atom. The fourth-order valence-electron chi connectivity index (χ4n) is 5.24. The van der Waals surface area contributed by atoms with Crippen LogP contribution in [0.15, 0.2) is 52.2 Å². The molecule has 2 aromatic heterocycles. The van der Waals surface area contributed by atoms with Crippen molar-refractivity contribution in [2.75, 3.05) is 49.3 Å². The van der Waals surface area contributed by atoms with Crippen molar-refractivity contribution in [3.05, 3.63) is 52.8 Å². The van der Waals surface area contributed by atoms with Crippen LogP contribution in [0, 0.1) is 5.92 Å². The number of ether oxygens (including phenoxy) is 2. The van der Waals surface area contributed by atoms with Crippen LogP contribution in [-0.2, 0) is 16.1 Å². The number of likely N-dealkylation sites (tertiary alicyclic amines) is 1. The van der Waals surface area contributed by atoms with E-state index in [0.717, 1.165) is 34.6 Å². The van der Waals surface area contributed by atoms with Gasteiger partial charge in [0.05, 0.1) is 18.6 Å². The molecule has 1 N–H and O–H groups in total. The van der Waals surface area contributed by atoms with Gasteiger partial charge in [-0.05, 0) is 43.3 Å². The van der Waals surface area contributed by atoms with Gasteiger partial charge in [-0.25, -0.2) is 4.79 Å². The number of carbonyl (C=O) groups excluding carboxylic acids is 2. The summed E-state index contributed by atoms with van der Waals surface area (Å²) in [4.78, 5) is 46.7. The number of rotatable bonds is 5. The first-order valence-electron chi connectivity index (χ1n) is 12.3. The molecule has 5 heterocycles. The van der Waals surface area contributed by atoms with Crippen molar-refractivity contribution in [1.29, 1.82) is 0 Å². The molecule has 0 saturated carbocycles. The van der Waals surface area contributed by atoms with Crippen molar-refractivity contribution in [2.45, 2.75) is 24.0 Å². The Bertz CT molecular complexity index is 1440. The van der Waals surface area contributed by atoms with Crippen molar-refractivity contribution in [3.63, 3.8) is 0 Å². The topological polar surface area (TPSA) is 106 Å². The predicted octanol–water partition coefficient (Wildman–Crippen LogP) is 2.80. The Hall–Kier alpha value is -3.57. The number of thioether (sulfide) groups is 1. The number of carbonyl (C=O) groups is 2. The number of pyridine rings is 2. The number of piperidine rings is 1. The second-order valence-electron chi connectivity index (χ2n) is 9.49. The number of hydrogen-bond donors (Lipinski definition) is 1. The van der Waals surface area contributed by atoms with Gasteiger partial charge in [0.2, 0.25) is 11.8 Å². The molecule has 192 valence electrons. The molecule has 10 nitrogen and oxygen atoms in total. The van der Waals surface area contributed by atoms with Crippen LogP contribution < -0.4 is 20.5 Å². The molecule has 2 amide bonds. The first kappa shape index (κ1) is 23.8. The second kappa shape index (κ2) is 9.71. The number of anilines is 2. The van der Waals surface area contributed by atoms with Crippen LogP contribution in [-0.4, -0.2) is 71.6 Å². The van der Waals surface area contributed by atoms with E-state index in [-0.39, 0.29) is 29.6 Å². The maximum absolute atomic E-state index is 12.9. The van der Waals surface area contributed by atoms with Gasteiger partial charge in [0.15, 0.2) is 0 Å². The smallest absolute Gasteiger partial charge is 0.414 e. The molecule has 0 aliphatic carbocycles. The quantitative estimate of drug-likeness (QED) is 0.547. The van der Waals surface area contributed by atoms with Crippen molar-refractivity contribution >= 4 is 46.2 Å². The van der Waals surface area contributed by atoms with Gasteiger partial charge in [-0.2, -0.15) is 4.98 Å². The van der Waals surface area contributed by atoms with Gasteiger partial charge in [0.1, 0.15) is 11.8 Å². The molecule has 3 aliphatic heterocycles. The zero-order valence-corrected chi connectivity index (χ0v) is 21.2. The van der Waals surface area contributed by atoms with E-state index in [2.05, 4.69) is 15.2 Å². The predicted molar refractivity (Wildman–Crippen MR) is 141 cm³/mol. The molecule has 2 saturated heterocycles. The molecule has 37 heavy (non-hydrogen) atoms. The van der Waals surface area contributed by atoms with Crippen LogP contribution >= 0.6 is 11.8 Å². The first-order valence-corrected chi connectivity index (χ1v) is 13.3. The number of nitrogens with one attached hydrogen (secondary N) is 1. The van der Waals surface area contributed by atoms with Crippen LogP contribution in [0.5, 0.6) is 5.88 Å². The highest BCUT2D eigenvalue weighted by molar-refractivity contribution is 8.00. The number of methoxy groups -OCH3 is 1. The van der Waals surface area contributed by atoms with Gasteiger partial charge in [-0.3, -0.25) is 24.0 Å². The minimum Gasteiger partial charge on any atom is -0.481 e. The lowest BCUT2D eigenvalue weighted by molar-refractivity contribution is -0.113. The zero-order valence-electron chi connectivity index (χ0n) is 20.4. The van der Waals surface area contributed by atoms with Gasteiger partial charge < -0.3 is 14.8 Å². The molecule has 6 rings (SSSR count). The standard InChI is InChI=1S/C26H27N5O5S/c1-35-23-6-2-16-3-7-24(33)30(25(16)28-23)11-10-29-9-8-17-13-31(26(34)36-20(17)14-29)18-4-5-21-19(12-18)27-22(32)15-37-21/h2-7,12,17,20H,8-11,13-15H2,1H3,(H,27,32)/t17-,20+/m1/s1. The van der Waals surface area contributed by atoms with Gasteiger partial charge in [0.25, 0.3) is 5.56 Å². The largest absolute Gasteiger partial charge is 0.481 e. The summed E-state index contributed by atoms with van der Waals surface area (Å²) in [6, 6.07) is 12.7. The number of hydrogen-bond acceptors (Lipinski definition) is 8. The minimum atomic E-state index is -0.376. The van der Waals surface area contributed by atoms with E-state index in [9.17, 15) is 14.4 Å². The van der Waals surface area contributed by atoms with Crippen LogP contribution in [0.1, 0.15) is 6.42 Å². The summed E-state index contributed by atoms with van der Waals surface area (Å²) in [6.07, 6.45) is 0.301. The summed E-state index contributed by atoms with van der Waals surface area (Å²) >= 11 is 1.49. The van der Waals surface area contributed by atoms with Crippen LogP contribution in [0.2, 0.25) is 0 Å². The maximum atomic E-state index is 12.9. The fraction of sp³-hybridized carbons (Fsp3) is 0.385. The summed E-state index contributed by atoms with van der Waals surface area (Å²) in [5, 5.41) is 3.76. The number of nitrogens with zero attached hydrogens (tertiary/aromatic N) is 4. The van der Waals surface area contributed by atoms with Gasteiger partial charge in [-0.15, -0.1) is 11.8 Å². The molecule has 2 fully saturated rings. The number of aromatic nitrogens is 2. The maximum Gasteiger partial charge on any atom is 0.414 e. The Kier molecular flexibility index (Phi) is 6.25. The third-order valence-corrected chi connectivity index (χ3v) is 8.31. The molecule has 0 bridgehead atoms. The Labute approximate surface area is 217 Å². The molecular weight excluding hydrogens is 494 g/mol. The monoisotopic (exact) mass is 521 g/mol. The van der Waals surface area contributed by atoms with E-state index in [1.165, 1.54) is 11.8 Å². The molecule has 0 spiro atoms. The first-order chi connectivity index (χ1) is 18.0. The summed E-state index contributed by atoms with van der Waals surface area (Å²) in [7, 11) is 1.55. The molecule has 11 heteroatoms. The second-order valence-corrected chi connectivity index (χ2v) is 10.5. The molecule has 2 atom stereocenters. The van der Waals surface area contributed by atoms with Crippen molar-refractivity contribution in [3.8, 4) is 5.88 Å². The van der Waals surface area contributed by atoms with Crippen LogP contribution in [0.4, 0.5) is 16.2 Å². The van der Waals surface area contributed by atoms with Crippen molar-refractivity contribution in [1.82, 2.24) is 14.5 Å². The SMILES string of the molecule is COc1ccc2ccc(=O)n(CCN3CC[C@@H]4CN(c5ccc6c(c5)NC(=O)CS6)C(=O)O[C@H]4C3)c2n1. The van der Waals surface area contributed by atoms with Crippen LogP contribution in [0.3, 0.4) is 0 Å². The van der Waals surface area contributed by atoms with E-state index >= 15 is 0 Å². The van der Waals surface area contributed by atoms with Gasteiger partial charge >= 0.3 is 6.09 Å². The minimum absolute atomic E-state index is 0.0380. The van der Waals surface area contributed by atoms with Gasteiger partial charge in [0, 0.05) is 60.2 Å². The summed E-state index contributed by atoms with van der Waals surface area (Å²) in [5.41, 5.74) is 1.95. The highest BCUT2D eigenvalue weighted by Gasteiger charge is 2.40. The lowest BCUT2D eigenvalue weighted by atomic mass is 9.91. The normalized spacial score (nSPS) is 21.7. The third kappa shape index (κ3) is 4.64. The van der Waals surface area contributed by atoms with Crippen molar-refractivity contribution in [2.24, 2.45) is 5.92 Å². The zero-order chi connectivity index (χ0) is 25.5. The van der Waals surface area contributed by atoms with E-state index < -0.39 is 0 Å². The van der Waals surface area contributed by atoms with E-state index in [4.69, 9.17) is 9.47 Å². The van der Waals surface area contributed by atoms with E-state index in [1.54, 1.807) is 34.8 Å². The number of benzene rings is 1. The fourth-order valence-corrected chi connectivity index (χ4v) is 6.03. The van der Waals surface area contributed by atoms with E-state index in [1.807, 2.05) is 24.3 Å². The van der Waals surface area contributed by atoms with Crippen molar-refractivity contribution < 1.29 is 19.1 Å². The lowest BCUT2D eigenvalue weighted by Gasteiger charge is -2.44. The van der Waals surface area contributed by atoms with Crippen LogP contribution in [0.25, 0.3) is 11.0 Å². The lowest BCUT2D eigenvalue weighted by Crippen LogP contribution is -2.56. The summed E-state index contributed by atoms with van der Waals surface area (Å²) in [6.45, 7) is 3.16.